The topological polar surface area (TPSA) is 133 Å². The maximum absolute atomic E-state index is 14.8. The summed E-state index contributed by atoms with van der Waals surface area (Å²) >= 11 is 6.00. The van der Waals surface area contributed by atoms with Crippen LogP contribution in [0.1, 0.15) is 16.8 Å². The van der Waals surface area contributed by atoms with Crippen molar-refractivity contribution in [3.05, 3.63) is 70.8 Å². The minimum Gasteiger partial charge on any atom is -0.505 e. The number of aromatic hydroxyl groups is 1. The van der Waals surface area contributed by atoms with Gasteiger partial charge in [-0.25, -0.2) is 17.2 Å². The molecule has 3 aromatic rings. The highest BCUT2D eigenvalue weighted by Crippen LogP contribution is 2.37. The number of phenolic OH excluding ortho intramolecular Hbond substituents is 1. The van der Waals surface area contributed by atoms with Crippen molar-refractivity contribution in [1.82, 2.24) is 4.90 Å². The number of carboxylic acid groups (broad SMARTS) is 1. The fourth-order valence-corrected chi connectivity index (χ4v) is 5.22. The summed E-state index contributed by atoms with van der Waals surface area (Å²) in [6, 6.07) is 9.44. The minimum absolute atomic E-state index is 0.129. The van der Waals surface area contributed by atoms with Crippen LogP contribution in [0.25, 0.3) is 11.1 Å². The summed E-state index contributed by atoms with van der Waals surface area (Å²) in [6.07, 6.45) is -0.419. The third-order valence-corrected chi connectivity index (χ3v) is 7.21. The fraction of sp³-hybridized carbons (Fsp3) is 0.167. The molecule has 4 bridgehead atoms. The first kappa shape index (κ1) is 26.2. The molecule has 0 radical (unpaired) electrons. The average Bonchev–Trinajstić information content (AvgIpc) is 2.83. The van der Waals surface area contributed by atoms with Gasteiger partial charge in [-0.2, -0.15) is 0 Å². The Labute approximate surface area is 214 Å². The molecule has 13 heteroatoms. The molecule has 0 saturated carbocycles. The van der Waals surface area contributed by atoms with E-state index in [0.29, 0.717) is 6.07 Å². The molecule has 4 rings (SSSR count). The van der Waals surface area contributed by atoms with Crippen LogP contribution in [0.2, 0.25) is 5.02 Å². The lowest BCUT2D eigenvalue weighted by Gasteiger charge is -2.23. The van der Waals surface area contributed by atoms with Gasteiger partial charge in [0.15, 0.2) is 5.75 Å². The van der Waals surface area contributed by atoms with Gasteiger partial charge >= 0.3 is 5.97 Å². The summed E-state index contributed by atoms with van der Waals surface area (Å²) in [5, 5.41) is 19.0. The number of benzene rings is 3. The van der Waals surface area contributed by atoms with Gasteiger partial charge in [-0.05, 0) is 24.3 Å². The van der Waals surface area contributed by atoms with Crippen molar-refractivity contribution >= 4 is 39.2 Å². The van der Waals surface area contributed by atoms with Gasteiger partial charge in [0.25, 0.3) is 15.9 Å². The van der Waals surface area contributed by atoms with Crippen molar-refractivity contribution < 1.29 is 41.7 Å². The summed E-state index contributed by atoms with van der Waals surface area (Å²) in [4.78, 5) is 24.7. The summed E-state index contributed by atoms with van der Waals surface area (Å²) in [7, 11) is -4.75. The number of rotatable bonds is 3. The number of nitrogens with one attached hydrogen (secondary N) is 1. The molecule has 1 heterocycles. The number of carbonyl (C=O) groups is 2. The first-order chi connectivity index (χ1) is 17.5. The lowest BCUT2D eigenvalue weighted by atomic mass is 10.0. The van der Waals surface area contributed by atoms with Crippen LogP contribution in [-0.4, -0.2) is 55.1 Å². The van der Waals surface area contributed by atoms with Gasteiger partial charge in [0.05, 0.1) is 23.7 Å². The van der Waals surface area contributed by atoms with Gasteiger partial charge in [0.1, 0.15) is 28.9 Å². The van der Waals surface area contributed by atoms with Crippen molar-refractivity contribution in [2.75, 3.05) is 24.4 Å². The third kappa shape index (κ3) is 5.44. The number of ether oxygens (including phenoxy) is 1. The van der Waals surface area contributed by atoms with E-state index in [-0.39, 0.29) is 42.1 Å². The molecular weight excluding hydrogens is 534 g/mol. The Morgan fingerprint density at radius 1 is 1.11 bits per heavy atom. The van der Waals surface area contributed by atoms with E-state index in [1.54, 1.807) is 12.1 Å². The lowest BCUT2D eigenvalue weighted by molar-refractivity contribution is -0.137. The standard InChI is InChI=1S/C24H19ClF2N2O7S/c25-16-9-13-10-21(23(16)32)37(34,35)28-19-11-15(17(26)12-18(19)27)14-3-1-2-4-20(14)36-8-7-29(24(13)33)6-5-22(30)31/h1-4,9-12,28,32H,5-8H2,(H,30,31). The number of fused-ring (bicyclic) bond motifs is 6. The second kappa shape index (κ2) is 10.2. The molecule has 194 valence electrons. The molecule has 3 N–H and O–H groups in total. The monoisotopic (exact) mass is 552 g/mol. The number of phenols is 1. The molecule has 0 unspecified atom stereocenters. The molecular formula is C24H19ClF2N2O7S. The number of anilines is 1. The van der Waals surface area contributed by atoms with Crippen LogP contribution in [0.5, 0.6) is 11.5 Å². The Kier molecular flexibility index (Phi) is 7.23. The minimum atomic E-state index is -4.75. The first-order valence-electron chi connectivity index (χ1n) is 10.8. The highest BCUT2D eigenvalue weighted by molar-refractivity contribution is 7.92. The van der Waals surface area contributed by atoms with Gasteiger partial charge in [0.2, 0.25) is 0 Å². The molecule has 0 aliphatic carbocycles. The van der Waals surface area contributed by atoms with E-state index in [2.05, 4.69) is 0 Å². The van der Waals surface area contributed by atoms with Gasteiger partial charge in [-0.15, -0.1) is 0 Å². The van der Waals surface area contributed by atoms with Crippen LogP contribution in [0.4, 0.5) is 14.5 Å². The number of carbonyl (C=O) groups excluding carboxylic acids is 1. The predicted molar refractivity (Wildman–Crippen MR) is 129 cm³/mol. The molecule has 9 nitrogen and oxygen atoms in total. The second-order valence-electron chi connectivity index (χ2n) is 8.00. The van der Waals surface area contributed by atoms with Crippen LogP contribution in [0.15, 0.2) is 53.4 Å². The zero-order valence-electron chi connectivity index (χ0n) is 18.9. The summed E-state index contributed by atoms with van der Waals surface area (Å²) in [5.41, 5.74) is -0.912. The van der Waals surface area contributed by atoms with Crippen LogP contribution in [-0.2, 0) is 14.8 Å². The van der Waals surface area contributed by atoms with Gasteiger partial charge < -0.3 is 19.8 Å². The Morgan fingerprint density at radius 2 is 1.84 bits per heavy atom. The van der Waals surface area contributed by atoms with Crippen molar-refractivity contribution in [2.45, 2.75) is 11.3 Å². The van der Waals surface area contributed by atoms with Crippen molar-refractivity contribution in [3.63, 3.8) is 0 Å². The number of nitrogens with zero attached hydrogens (tertiary/aromatic N) is 1. The SMILES string of the molecule is O=C(O)CCN1CCOc2ccccc2-c2cc(c(F)cc2F)NS(=O)(=O)c2cc(cc(Cl)c2O)C1=O. The maximum Gasteiger partial charge on any atom is 0.305 e. The maximum atomic E-state index is 14.8. The van der Waals surface area contributed by atoms with Gasteiger partial charge in [0, 0.05) is 29.3 Å². The van der Waals surface area contributed by atoms with E-state index in [0.717, 1.165) is 23.1 Å². The zero-order valence-corrected chi connectivity index (χ0v) is 20.4. The Morgan fingerprint density at radius 3 is 2.57 bits per heavy atom. The largest absolute Gasteiger partial charge is 0.505 e. The van der Waals surface area contributed by atoms with Gasteiger partial charge in [-0.1, -0.05) is 29.8 Å². The molecule has 37 heavy (non-hydrogen) atoms. The summed E-state index contributed by atoms with van der Waals surface area (Å²) < 4.78 is 63.5. The number of hydrogen-bond acceptors (Lipinski definition) is 6. The van der Waals surface area contributed by atoms with E-state index in [1.165, 1.54) is 12.1 Å². The molecule has 3 aromatic carbocycles. The van der Waals surface area contributed by atoms with E-state index >= 15 is 0 Å². The molecule has 0 spiro atoms. The number of hydrogen-bond donors (Lipinski definition) is 3. The zero-order chi connectivity index (χ0) is 26.9. The Bertz CT molecular complexity index is 1520. The number of amides is 1. The number of para-hydroxylation sites is 1. The predicted octanol–water partition coefficient (Wildman–Crippen LogP) is 4.10. The van der Waals surface area contributed by atoms with E-state index < -0.39 is 61.3 Å². The summed E-state index contributed by atoms with van der Waals surface area (Å²) in [5.74, 6) is -4.93. The van der Waals surface area contributed by atoms with Crippen molar-refractivity contribution in [1.29, 1.82) is 0 Å². The quantitative estimate of drug-likeness (QED) is 0.445. The van der Waals surface area contributed by atoms with E-state index in [1.807, 2.05) is 4.72 Å². The van der Waals surface area contributed by atoms with Crippen LogP contribution >= 0.6 is 11.6 Å². The van der Waals surface area contributed by atoms with Crippen LogP contribution < -0.4 is 9.46 Å². The van der Waals surface area contributed by atoms with E-state index in [9.17, 15) is 31.9 Å². The average molecular weight is 553 g/mol. The highest BCUT2D eigenvalue weighted by Gasteiger charge is 2.28. The van der Waals surface area contributed by atoms with Crippen LogP contribution in [0.3, 0.4) is 0 Å². The molecule has 1 aliphatic heterocycles. The van der Waals surface area contributed by atoms with Crippen molar-refractivity contribution in [2.24, 2.45) is 0 Å². The molecule has 0 fully saturated rings. The number of sulfonamides is 1. The number of aliphatic carboxylic acids is 1. The molecule has 1 amide bonds. The highest BCUT2D eigenvalue weighted by atomic mass is 35.5. The summed E-state index contributed by atoms with van der Waals surface area (Å²) in [6.45, 7) is -0.525. The molecule has 0 aromatic heterocycles. The number of carboxylic acids is 1. The van der Waals surface area contributed by atoms with E-state index in [4.69, 9.17) is 21.4 Å². The molecule has 0 atom stereocenters. The lowest BCUT2D eigenvalue weighted by Crippen LogP contribution is -2.36. The third-order valence-electron chi connectivity index (χ3n) is 5.54. The van der Waals surface area contributed by atoms with Crippen molar-refractivity contribution in [3.8, 4) is 22.6 Å². The fourth-order valence-electron chi connectivity index (χ4n) is 3.74. The Balaban J connectivity index is 1.92. The second-order valence-corrected chi connectivity index (χ2v) is 10.1. The van der Waals surface area contributed by atoms with Gasteiger partial charge in [-0.3, -0.25) is 14.3 Å². The van der Waals surface area contributed by atoms with Crippen LogP contribution in [0, 0.1) is 11.6 Å². The Hall–Kier alpha value is -3.90. The molecule has 1 aliphatic rings. The normalized spacial score (nSPS) is 15.0. The molecule has 0 saturated heterocycles. The number of halogens is 3. The first-order valence-corrected chi connectivity index (χ1v) is 12.6. The smallest absolute Gasteiger partial charge is 0.305 e.